The Balaban J connectivity index is 1.64. The van der Waals surface area contributed by atoms with E-state index in [1.807, 2.05) is 6.92 Å². The van der Waals surface area contributed by atoms with Gasteiger partial charge in [0.2, 0.25) is 5.91 Å². The molecule has 1 aromatic rings. The number of rotatable bonds is 6. The Hall–Kier alpha value is -2.18. The van der Waals surface area contributed by atoms with Crippen molar-refractivity contribution in [3.63, 3.8) is 0 Å². The van der Waals surface area contributed by atoms with Crippen LogP contribution >= 0.6 is 0 Å². The number of nitrogens with one attached hydrogen (secondary N) is 3. The van der Waals surface area contributed by atoms with E-state index in [1.54, 1.807) is 6.07 Å². The van der Waals surface area contributed by atoms with Crippen LogP contribution < -0.4 is 16.0 Å². The molecule has 2 rings (SSSR count). The third-order valence-corrected chi connectivity index (χ3v) is 4.20. The molecule has 3 N–H and O–H groups in total. The van der Waals surface area contributed by atoms with E-state index in [2.05, 4.69) is 16.0 Å². The maximum Gasteiger partial charge on any atom is 0.315 e. The quantitative estimate of drug-likeness (QED) is 0.695. The van der Waals surface area contributed by atoms with Crippen molar-refractivity contribution in [2.24, 2.45) is 5.92 Å². The Morgan fingerprint density at radius 1 is 1.29 bits per heavy atom. The Bertz CT molecular complexity index is 595. The molecule has 0 saturated carbocycles. The number of amides is 3. The van der Waals surface area contributed by atoms with Crippen molar-refractivity contribution in [2.45, 2.75) is 38.6 Å². The number of hydrogen-bond acceptors (Lipinski definition) is 2. The lowest BCUT2D eigenvalue weighted by Crippen LogP contribution is -2.56. The maximum atomic E-state index is 13.1. The van der Waals surface area contributed by atoms with E-state index >= 15 is 0 Å². The lowest BCUT2D eigenvalue weighted by Gasteiger charge is -2.28. The van der Waals surface area contributed by atoms with E-state index < -0.39 is 17.7 Å². The van der Waals surface area contributed by atoms with Crippen LogP contribution in [0, 0.1) is 17.6 Å². The molecule has 1 fully saturated rings. The van der Waals surface area contributed by atoms with Gasteiger partial charge in [0.1, 0.15) is 6.04 Å². The Kier molecular flexibility index (Phi) is 6.52. The summed E-state index contributed by atoms with van der Waals surface area (Å²) in [5.74, 6) is -1.73. The number of carbonyl (C=O) groups is 2. The van der Waals surface area contributed by atoms with Gasteiger partial charge in [-0.3, -0.25) is 4.79 Å². The van der Waals surface area contributed by atoms with Gasteiger partial charge in [0, 0.05) is 13.1 Å². The predicted octanol–water partition coefficient (Wildman–Crippen LogP) is 2.11. The molecule has 3 amide bonds. The van der Waals surface area contributed by atoms with Gasteiger partial charge in [-0.2, -0.15) is 0 Å². The molecule has 0 aliphatic carbocycles. The van der Waals surface area contributed by atoms with E-state index in [0.29, 0.717) is 25.9 Å². The summed E-state index contributed by atoms with van der Waals surface area (Å²) in [6, 6.07) is 3.00. The SMILES string of the molecule is C[C@@H]1CCNC(=O)[C@@H]1NC(=O)NCCCCc1ccc(F)c(F)c1. The lowest BCUT2D eigenvalue weighted by atomic mass is 9.94. The molecule has 1 heterocycles. The van der Waals surface area contributed by atoms with E-state index in [4.69, 9.17) is 0 Å². The fraction of sp³-hybridized carbons (Fsp3) is 0.529. The summed E-state index contributed by atoms with van der Waals surface area (Å²) >= 11 is 0. The van der Waals surface area contributed by atoms with Gasteiger partial charge in [0.25, 0.3) is 0 Å². The number of unbranched alkanes of at least 4 members (excludes halogenated alkanes) is 1. The molecule has 1 aliphatic rings. The molecule has 1 aromatic carbocycles. The summed E-state index contributed by atoms with van der Waals surface area (Å²) in [6.45, 7) is 3.04. The van der Waals surface area contributed by atoms with E-state index in [1.165, 1.54) is 6.07 Å². The van der Waals surface area contributed by atoms with Crippen LogP contribution in [0.5, 0.6) is 0 Å². The first-order chi connectivity index (χ1) is 11.5. The number of hydrogen-bond donors (Lipinski definition) is 3. The third-order valence-electron chi connectivity index (χ3n) is 4.20. The van der Waals surface area contributed by atoms with E-state index in [-0.39, 0.29) is 17.9 Å². The van der Waals surface area contributed by atoms with Crippen LogP contribution in [0.4, 0.5) is 13.6 Å². The van der Waals surface area contributed by atoms with Gasteiger partial charge >= 0.3 is 6.03 Å². The van der Waals surface area contributed by atoms with Crippen LogP contribution in [0.15, 0.2) is 18.2 Å². The van der Waals surface area contributed by atoms with Gasteiger partial charge in [0.05, 0.1) is 0 Å². The van der Waals surface area contributed by atoms with Crippen LogP contribution in [-0.4, -0.2) is 31.1 Å². The fourth-order valence-corrected chi connectivity index (χ4v) is 2.71. The molecule has 1 aliphatic heterocycles. The highest BCUT2D eigenvalue weighted by Crippen LogP contribution is 2.12. The van der Waals surface area contributed by atoms with Gasteiger partial charge in [0.15, 0.2) is 11.6 Å². The van der Waals surface area contributed by atoms with Crippen LogP contribution in [-0.2, 0) is 11.2 Å². The van der Waals surface area contributed by atoms with Crippen LogP contribution in [0.1, 0.15) is 31.7 Å². The highest BCUT2D eigenvalue weighted by Gasteiger charge is 2.29. The monoisotopic (exact) mass is 339 g/mol. The first-order valence-electron chi connectivity index (χ1n) is 8.23. The minimum absolute atomic E-state index is 0.109. The normalized spacial score (nSPS) is 20.4. The van der Waals surface area contributed by atoms with Crippen molar-refractivity contribution in [2.75, 3.05) is 13.1 Å². The standard InChI is InChI=1S/C17H23F2N3O2/c1-11-7-9-20-16(23)15(11)22-17(24)21-8-3-2-4-12-5-6-13(18)14(19)10-12/h5-6,10-11,15H,2-4,7-9H2,1H3,(H,20,23)(H2,21,22,24)/t11-,15-/m1/s1. The second-order valence-corrected chi connectivity index (χ2v) is 6.14. The topological polar surface area (TPSA) is 70.2 Å². The zero-order valence-corrected chi connectivity index (χ0v) is 13.7. The summed E-state index contributed by atoms with van der Waals surface area (Å²) in [5, 5.41) is 8.13. The molecular weight excluding hydrogens is 316 g/mol. The summed E-state index contributed by atoms with van der Waals surface area (Å²) < 4.78 is 25.9. The molecule has 0 aromatic heterocycles. The number of aryl methyl sites for hydroxylation is 1. The second-order valence-electron chi connectivity index (χ2n) is 6.14. The van der Waals surface area contributed by atoms with Crippen molar-refractivity contribution < 1.29 is 18.4 Å². The Morgan fingerprint density at radius 2 is 2.08 bits per heavy atom. The predicted molar refractivity (Wildman–Crippen MR) is 86.4 cm³/mol. The Labute approximate surface area is 140 Å². The number of piperidine rings is 1. The summed E-state index contributed by atoms with van der Waals surface area (Å²) in [7, 11) is 0. The summed E-state index contributed by atoms with van der Waals surface area (Å²) in [6.07, 6.45) is 2.90. The van der Waals surface area contributed by atoms with Crippen LogP contribution in [0.2, 0.25) is 0 Å². The first-order valence-corrected chi connectivity index (χ1v) is 8.23. The third kappa shape index (κ3) is 5.18. The van der Waals surface area contributed by atoms with Gasteiger partial charge in [-0.25, -0.2) is 13.6 Å². The van der Waals surface area contributed by atoms with Crippen LogP contribution in [0.3, 0.4) is 0 Å². The molecule has 0 unspecified atom stereocenters. The minimum Gasteiger partial charge on any atom is -0.354 e. The molecule has 2 atom stereocenters. The molecular formula is C17H23F2N3O2. The highest BCUT2D eigenvalue weighted by molar-refractivity contribution is 5.87. The number of benzene rings is 1. The van der Waals surface area contributed by atoms with Gasteiger partial charge < -0.3 is 16.0 Å². The largest absolute Gasteiger partial charge is 0.354 e. The van der Waals surface area contributed by atoms with Crippen molar-refractivity contribution in [1.29, 1.82) is 0 Å². The molecule has 1 saturated heterocycles. The average molecular weight is 339 g/mol. The zero-order chi connectivity index (χ0) is 17.5. The first kappa shape index (κ1) is 18.2. The average Bonchev–Trinajstić information content (AvgIpc) is 2.54. The van der Waals surface area contributed by atoms with Gasteiger partial charge in [-0.15, -0.1) is 0 Å². The van der Waals surface area contributed by atoms with Gasteiger partial charge in [-0.1, -0.05) is 13.0 Å². The smallest absolute Gasteiger partial charge is 0.315 e. The molecule has 132 valence electrons. The molecule has 0 spiro atoms. The van der Waals surface area contributed by atoms with Crippen LogP contribution in [0.25, 0.3) is 0 Å². The fourth-order valence-electron chi connectivity index (χ4n) is 2.71. The molecule has 7 heteroatoms. The second kappa shape index (κ2) is 8.61. The number of halogens is 2. The maximum absolute atomic E-state index is 13.1. The molecule has 0 bridgehead atoms. The van der Waals surface area contributed by atoms with Gasteiger partial charge in [-0.05, 0) is 49.3 Å². The lowest BCUT2D eigenvalue weighted by molar-refractivity contribution is -0.125. The molecule has 24 heavy (non-hydrogen) atoms. The van der Waals surface area contributed by atoms with Crippen molar-refractivity contribution in [3.8, 4) is 0 Å². The summed E-state index contributed by atoms with van der Waals surface area (Å²) in [4.78, 5) is 23.5. The number of urea groups is 1. The minimum atomic E-state index is -0.849. The molecule has 5 nitrogen and oxygen atoms in total. The van der Waals surface area contributed by atoms with Crippen molar-refractivity contribution in [3.05, 3.63) is 35.4 Å². The summed E-state index contributed by atoms with van der Waals surface area (Å²) in [5.41, 5.74) is 0.728. The number of carbonyl (C=O) groups excluding carboxylic acids is 2. The zero-order valence-electron chi connectivity index (χ0n) is 13.7. The van der Waals surface area contributed by atoms with Crippen molar-refractivity contribution in [1.82, 2.24) is 16.0 Å². The molecule has 0 radical (unpaired) electrons. The van der Waals surface area contributed by atoms with E-state index in [0.717, 1.165) is 24.5 Å². The highest BCUT2D eigenvalue weighted by atomic mass is 19.2. The van der Waals surface area contributed by atoms with Crippen molar-refractivity contribution >= 4 is 11.9 Å². The van der Waals surface area contributed by atoms with E-state index in [9.17, 15) is 18.4 Å². The Morgan fingerprint density at radius 3 is 2.79 bits per heavy atom.